The second-order valence-electron chi connectivity index (χ2n) is 8.60. The van der Waals surface area contributed by atoms with Crippen LogP contribution in [0.3, 0.4) is 0 Å². The highest BCUT2D eigenvalue weighted by Gasteiger charge is 2.39. The molecule has 0 bridgehead atoms. The van der Waals surface area contributed by atoms with E-state index in [-0.39, 0.29) is 29.7 Å². The minimum absolute atomic E-state index is 0.0565. The van der Waals surface area contributed by atoms with E-state index < -0.39 is 0 Å². The van der Waals surface area contributed by atoms with E-state index in [1.54, 1.807) is 18.5 Å². The SMILES string of the molecule is Cc1cncnc1N1CCC2(CC[C@@H](CNC(=O)Cc3ccc(F)cc3)OC2)CC1. The molecule has 2 aromatic rings. The summed E-state index contributed by atoms with van der Waals surface area (Å²) in [5.41, 5.74) is 2.17. The van der Waals surface area contributed by atoms with Crippen molar-refractivity contribution < 1.29 is 13.9 Å². The van der Waals surface area contributed by atoms with Crippen molar-refractivity contribution in [3.8, 4) is 0 Å². The minimum atomic E-state index is -0.290. The smallest absolute Gasteiger partial charge is 0.224 e. The van der Waals surface area contributed by atoms with Crippen LogP contribution >= 0.6 is 0 Å². The van der Waals surface area contributed by atoms with Crippen LogP contribution in [0.4, 0.5) is 10.2 Å². The van der Waals surface area contributed by atoms with Gasteiger partial charge in [0.2, 0.25) is 5.91 Å². The molecule has 0 unspecified atom stereocenters. The van der Waals surface area contributed by atoms with Gasteiger partial charge in [-0.15, -0.1) is 0 Å². The van der Waals surface area contributed by atoms with E-state index in [0.717, 1.165) is 62.3 Å². The molecule has 1 amide bonds. The first kappa shape index (κ1) is 20.7. The topological polar surface area (TPSA) is 67.4 Å². The summed E-state index contributed by atoms with van der Waals surface area (Å²) in [6.07, 6.45) is 8.09. The standard InChI is InChI=1S/C23H29FN4O2/c1-17-13-25-16-27-22(17)28-10-8-23(9-11-28)7-6-20(30-15-23)14-26-21(29)12-18-2-4-19(24)5-3-18/h2-5,13,16,20H,6-12,14-15H2,1H3,(H,26,29)/t20-/m0/s1. The van der Waals surface area contributed by atoms with Gasteiger partial charge in [0.1, 0.15) is 18.0 Å². The maximum absolute atomic E-state index is 13.0. The first-order chi connectivity index (χ1) is 14.5. The van der Waals surface area contributed by atoms with Crippen LogP contribution in [0.5, 0.6) is 0 Å². The van der Waals surface area contributed by atoms with E-state index in [0.29, 0.717) is 6.54 Å². The second-order valence-corrected chi connectivity index (χ2v) is 8.60. The van der Waals surface area contributed by atoms with Gasteiger partial charge in [0.05, 0.1) is 19.1 Å². The molecule has 160 valence electrons. The van der Waals surface area contributed by atoms with Gasteiger partial charge in [0.25, 0.3) is 0 Å². The molecule has 1 N–H and O–H groups in total. The summed E-state index contributed by atoms with van der Waals surface area (Å²) in [6, 6.07) is 6.05. The van der Waals surface area contributed by atoms with Gasteiger partial charge in [-0.1, -0.05) is 12.1 Å². The van der Waals surface area contributed by atoms with E-state index in [1.165, 1.54) is 12.1 Å². The highest BCUT2D eigenvalue weighted by Crippen LogP contribution is 2.41. The molecule has 30 heavy (non-hydrogen) atoms. The van der Waals surface area contributed by atoms with Crippen LogP contribution < -0.4 is 10.2 Å². The number of benzene rings is 1. The van der Waals surface area contributed by atoms with E-state index in [2.05, 4.69) is 27.1 Å². The number of nitrogens with one attached hydrogen (secondary N) is 1. The monoisotopic (exact) mass is 412 g/mol. The lowest BCUT2D eigenvalue weighted by Gasteiger charge is -2.46. The summed E-state index contributed by atoms with van der Waals surface area (Å²) in [6.45, 7) is 5.31. The third kappa shape index (κ3) is 4.95. The van der Waals surface area contributed by atoms with Gasteiger partial charge in [-0.25, -0.2) is 14.4 Å². The third-order valence-corrected chi connectivity index (χ3v) is 6.42. The fourth-order valence-electron chi connectivity index (χ4n) is 4.47. The number of carbonyl (C=O) groups excluding carboxylic acids is 1. The molecule has 1 aromatic carbocycles. The fraction of sp³-hybridized carbons (Fsp3) is 0.522. The van der Waals surface area contributed by atoms with E-state index in [4.69, 9.17) is 4.74 Å². The van der Waals surface area contributed by atoms with Crippen LogP contribution in [0.2, 0.25) is 0 Å². The number of nitrogens with zero attached hydrogens (tertiary/aromatic N) is 3. The van der Waals surface area contributed by atoms with Gasteiger partial charge in [0.15, 0.2) is 0 Å². The van der Waals surface area contributed by atoms with Crippen LogP contribution in [0, 0.1) is 18.2 Å². The Bertz CT molecular complexity index is 856. The molecule has 2 saturated heterocycles. The second kappa shape index (κ2) is 9.08. The molecule has 2 aliphatic rings. The molecule has 3 heterocycles. The van der Waals surface area contributed by atoms with Crippen LogP contribution in [0.1, 0.15) is 36.8 Å². The average molecular weight is 413 g/mol. The van der Waals surface area contributed by atoms with Crippen molar-refractivity contribution in [1.29, 1.82) is 0 Å². The largest absolute Gasteiger partial charge is 0.376 e. The molecule has 2 fully saturated rings. The highest BCUT2D eigenvalue weighted by atomic mass is 19.1. The number of hydrogen-bond acceptors (Lipinski definition) is 5. The molecule has 7 heteroatoms. The number of ether oxygens (including phenoxy) is 1. The lowest BCUT2D eigenvalue weighted by molar-refractivity contribution is -0.122. The van der Waals surface area contributed by atoms with Crippen molar-refractivity contribution >= 4 is 11.7 Å². The maximum Gasteiger partial charge on any atom is 0.224 e. The molecule has 0 saturated carbocycles. The number of rotatable bonds is 5. The zero-order valence-electron chi connectivity index (χ0n) is 17.4. The minimum Gasteiger partial charge on any atom is -0.376 e. The highest BCUT2D eigenvalue weighted by molar-refractivity contribution is 5.78. The Balaban J connectivity index is 1.20. The molecule has 0 aliphatic carbocycles. The Morgan fingerprint density at radius 3 is 2.70 bits per heavy atom. The predicted molar refractivity (Wildman–Crippen MR) is 113 cm³/mol. The first-order valence-electron chi connectivity index (χ1n) is 10.7. The van der Waals surface area contributed by atoms with Crippen molar-refractivity contribution in [2.45, 2.75) is 45.1 Å². The van der Waals surface area contributed by atoms with Gasteiger partial charge in [-0.3, -0.25) is 4.79 Å². The zero-order valence-corrected chi connectivity index (χ0v) is 17.4. The summed E-state index contributed by atoms with van der Waals surface area (Å²) in [5.74, 6) is 0.694. The molecule has 4 rings (SSSR count). The molecule has 1 atom stereocenters. The zero-order chi connectivity index (χ0) is 21.0. The predicted octanol–water partition coefficient (Wildman–Crippen LogP) is 3.05. The molecular weight excluding hydrogens is 383 g/mol. The number of amides is 1. The molecule has 1 spiro atoms. The third-order valence-electron chi connectivity index (χ3n) is 6.42. The van der Waals surface area contributed by atoms with Crippen molar-refractivity contribution in [3.05, 3.63) is 53.7 Å². The van der Waals surface area contributed by atoms with Gasteiger partial charge in [0, 0.05) is 31.4 Å². The van der Waals surface area contributed by atoms with Crippen LogP contribution in [-0.2, 0) is 16.0 Å². The van der Waals surface area contributed by atoms with Gasteiger partial charge in [-0.2, -0.15) is 0 Å². The lowest BCUT2D eigenvalue weighted by Crippen LogP contribution is -2.48. The molecule has 1 aromatic heterocycles. The van der Waals surface area contributed by atoms with Crippen LogP contribution in [0.15, 0.2) is 36.8 Å². The summed E-state index contributed by atoms with van der Waals surface area (Å²) in [7, 11) is 0. The number of piperidine rings is 1. The number of aryl methyl sites for hydroxylation is 1. The number of carbonyl (C=O) groups is 1. The van der Waals surface area contributed by atoms with Crippen LogP contribution in [-0.4, -0.2) is 48.2 Å². The lowest BCUT2D eigenvalue weighted by atomic mass is 9.73. The maximum atomic E-state index is 13.0. The molecule has 0 radical (unpaired) electrons. The number of hydrogen-bond donors (Lipinski definition) is 1. The Kier molecular flexibility index (Phi) is 6.27. The Hall–Kier alpha value is -2.54. The van der Waals surface area contributed by atoms with E-state index in [9.17, 15) is 9.18 Å². The average Bonchev–Trinajstić information content (AvgIpc) is 2.76. The quantitative estimate of drug-likeness (QED) is 0.818. The number of aromatic nitrogens is 2. The first-order valence-corrected chi connectivity index (χ1v) is 10.7. The van der Waals surface area contributed by atoms with Crippen molar-refractivity contribution in [2.24, 2.45) is 5.41 Å². The fourth-order valence-corrected chi connectivity index (χ4v) is 4.47. The molecular formula is C23H29FN4O2. The summed E-state index contributed by atoms with van der Waals surface area (Å²) >= 11 is 0. The van der Waals surface area contributed by atoms with E-state index >= 15 is 0 Å². The molecule has 2 aliphatic heterocycles. The van der Waals surface area contributed by atoms with E-state index in [1.807, 2.05) is 6.20 Å². The van der Waals surface area contributed by atoms with Gasteiger partial charge >= 0.3 is 0 Å². The summed E-state index contributed by atoms with van der Waals surface area (Å²) in [4.78, 5) is 23.0. The Labute approximate surface area is 176 Å². The number of anilines is 1. The summed E-state index contributed by atoms with van der Waals surface area (Å²) in [5, 5.41) is 2.96. The van der Waals surface area contributed by atoms with Gasteiger partial charge in [-0.05, 0) is 55.7 Å². The summed E-state index contributed by atoms with van der Waals surface area (Å²) < 4.78 is 19.1. The Morgan fingerprint density at radius 1 is 1.27 bits per heavy atom. The van der Waals surface area contributed by atoms with Crippen molar-refractivity contribution in [3.63, 3.8) is 0 Å². The normalized spacial score (nSPS) is 20.9. The van der Waals surface area contributed by atoms with Gasteiger partial charge < -0.3 is 15.0 Å². The van der Waals surface area contributed by atoms with Crippen LogP contribution in [0.25, 0.3) is 0 Å². The molecule has 6 nitrogen and oxygen atoms in total. The van der Waals surface area contributed by atoms with Crippen molar-refractivity contribution in [2.75, 3.05) is 31.1 Å². The van der Waals surface area contributed by atoms with Crippen molar-refractivity contribution in [1.82, 2.24) is 15.3 Å². The number of halogens is 1. The Morgan fingerprint density at radius 2 is 2.03 bits per heavy atom.